The molecule has 0 radical (unpaired) electrons. The summed E-state index contributed by atoms with van der Waals surface area (Å²) in [6.07, 6.45) is 0.0460. The number of fused-ring (bicyclic) bond motifs is 1. The fourth-order valence-electron chi connectivity index (χ4n) is 1.29. The molecule has 0 atom stereocenters. The quantitative estimate of drug-likeness (QED) is 0.905. The van der Waals surface area contributed by atoms with Crippen molar-refractivity contribution in [3.63, 3.8) is 0 Å². The van der Waals surface area contributed by atoms with E-state index in [1.165, 1.54) is 11.3 Å². The van der Waals surface area contributed by atoms with Crippen molar-refractivity contribution in [2.45, 2.75) is 6.42 Å². The molecule has 0 saturated heterocycles. The van der Waals surface area contributed by atoms with Crippen LogP contribution in [0.5, 0.6) is 0 Å². The highest BCUT2D eigenvalue weighted by molar-refractivity contribution is 7.22. The van der Waals surface area contributed by atoms with Gasteiger partial charge in [-0.3, -0.25) is 4.79 Å². The molecule has 4 nitrogen and oxygen atoms in total. The minimum atomic E-state index is -0.848. The van der Waals surface area contributed by atoms with Crippen molar-refractivity contribution in [2.75, 3.05) is 11.9 Å². The van der Waals surface area contributed by atoms with Crippen molar-refractivity contribution in [1.82, 2.24) is 4.98 Å². The Morgan fingerprint density at radius 1 is 1.47 bits per heavy atom. The monoisotopic (exact) mass is 290 g/mol. The molecule has 1 aromatic carbocycles. The Labute approximate surface area is 111 Å². The van der Waals surface area contributed by atoms with E-state index in [2.05, 4.69) is 10.3 Å². The highest BCUT2D eigenvalue weighted by atomic mass is 35.5. The predicted octanol–water partition coefficient (Wildman–Crippen LogP) is 3.49. The van der Waals surface area contributed by atoms with E-state index in [9.17, 15) is 4.79 Å². The third-order valence-corrected chi connectivity index (χ3v) is 3.84. The van der Waals surface area contributed by atoms with Crippen molar-refractivity contribution >= 4 is 55.9 Å². The molecule has 2 N–H and O–H groups in total. The lowest BCUT2D eigenvalue weighted by atomic mass is 10.3. The van der Waals surface area contributed by atoms with E-state index in [-0.39, 0.29) is 6.42 Å². The number of halogens is 2. The van der Waals surface area contributed by atoms with E-state index in [0.717, 1.165) is 4.70 Å². The second-order valence-electron chi connectivity index (χ2n) is 3.30. The maximum Gasteiger partial charge on any atom is 0.305 e. The van der Waals surface area contributed by atoms with Gasteiger partial charge in [0.25, 0.3) is 0 Å². The molecule has 0 aliphatic carbocycles. The molecule has 2 rings (SSSR count). The molecule has 0 saturated carbocycles. The van der Waals surface area contributed by atoms with Crippen molar-refractivity contribution in [3.8, 4) is 0 Å². The minimum Gasteiger partial charge on any atom is -0.481 e. The SMILES string of the molecule is O=C(O)CCNc1nc2c(Cl)c(Cl)ccc2s1. The van der Waals surface area contributed by atoms with Gasteiger partial charge in [-0.2, -0.15) is 0 Å². The van der Waals surface area contributed by atoms with Crippen molar-refractivity contribution in [3.05, 3.63) is 22.2 Å². The highest BCUT2D eigenvalue weighted by Gasteiger charge is 2.09. The van der Waals surface area contributed by atoms with E-state index in [4.69, 9.17) is 28.3 Å². The Morgan fingerprint density at radius 2 is 2.24 bits per heavy atom. The molecule has 90 valence electrons. The number of carbonyl (C=O) groups is 1. The van der Waals surface area contributed by atoms with E-state index >= 15 is 0 Å². The van der Waals surface area contributed by atoms with Crippen LogP contribution < -0.4 is 5.32 Å². The largest absolute Gasteiger partial charge is 0.481 e. The van der Waals surface area contributed by atoms with Gasteiger partial charge in [-0.1, -0.05) is 34.5 Å². The maximum atomic E-state index is 10.4. The van der Waals surface area contributed by atoms with Crippen LogP contribution in [0.15, 0.2) is 12.1 Å². The molecule has 7 heteroatoms. The molecule has 2 aromatic rings. The maximum absolute atomic E-state index is 10.4. The van der Waals surface area contributed by atoms with E-state index in [0.29, 0.717) is 27.2 Å². The summed E-state index contributed by atoms with van der Waals surface area (Å²) in [5.74, 6) is -0.848. The van der Waals surface area contributed by atoms with Crippen LogP contribution in [0.4, 0.5) is 5.13 Å². The number of nitrogens with zero attached hydrogens (tertiary/aromatic N) is 1. The van der Waals surface area contributed by atoms with Gasteiger partial charge in [0.1, 0.15) is 5.52 Å². The smallest absolute Gasteiger partial charge is 0.305 e. The Balaban J connectivity index is 2.20. The highest BCUT2D eigenvalue weighted by Crippen LogP contribution is 2.35. The third kappa shape index (κ3) is 2.80. The summed E-state index contributed by atoms with van der Waals surface area (Å²) in [7, 11) is 0. The number of rotatable bonds is 4. The number of benzene rings is 1. The van der Waals surface area contributed by atoms with Gasteiger partial charge >= 0.3 is 5.97 Å². The zero-order valence-electron chi connectivity index (χ0n) is 8.54. The van der Waals surface area contributed by atoms with Gasteiger partial charge in [0.05, 0.1) is 21.2 Å². The summed E-state index contributed by atoms with van der Waals surface area (Å²) < 4.78 is 0.914. The number of aromatic nitrogens is 1. The number of anilines is 1. The van der Waals surface area contributed by atoms with E-state index in [1.54, 1.807) is 6.07 Å². The molecule has 0 aliphatic rings. The van der Waals surface area contributed by atoms with Crippen LogP contribution in [0, 0.1) is 0 Å². The van der Waals surface area contributed by atoms with Gasteiger partial charge in [-0.15, -0.1) is 0 Å². The summed E-state index contributed by atoms with van der Waals surface area (Å²) in [6, 6.07) is 3.55. The fourth-order valence-corrected chi connectivity index (χ4v) is 2.60. The van der Waals surface area contributed by atoms with Crippen LogP contribution in [0.2, 0.25) is 10.0 Å². The Kier molecular flexibility index (Phi) is 3.71. The second kappa shape index (κ2) is 5.08. The Hall–Kier alpha value is -1.04. The molecule has 1 aromatic heterocycles. The lowest BCUT2D eigenvalue weighted by molar-refractivity contribution is -0.136. The normalized spacial score (nSPS) is 10.7. The third-order valence-electron chi connectivity index (χ3n) is 2.07. The molecule has 0 aliphatic heterocycles. The molecular formula is C10H8Cl2N2O2S. The minimum absolute atomic E-state index is 0.0460. The van der Waals surface area contributed by atoms with Crippen LogP contribution >= 0.6 is 34.5 Å². The predicted molar refractivity (Wildman–Crippen MR) is 70.4 cm³/mol. The first kappa shape index (κ1) is 12.4. The average molecular weight is 291 g/mol. The summed E-state index contributed by atoms with van der Waals surface area (Å²) in [6.45, 7) is 0.334. The molecule has 0 fully saturated rings. The zero-order valence-corrected chi connectivity index (χ0v) is 10.9. The summed E-state index contributed by atoms with van der Waals surface area (Å²) in [4.78, 5) is 14.6. The van der Waals surface area contributed by atoms with E-state index < -0.39 is 5.97 Å². The first-order chi connectivity index (χ1) is 8.08. The fraction of sp³-hybridized carbons (Fsp3) is 0.200. The number of carboxylic acids is 1. The number of hydrogen-bond donors (Lipinski definition) is 2. The van der Waals surface area contributed by atoms with E-state index in [1.807, 2.05) is 6.07 Å². The van der Waals surface area contributed by atoms with Crippen LogP contribution in [0.3, 0.4) is 0 Å². The van der Waals surface area contributed by atoms with Gasteiger partial charge in [0, 0.05) is 6.54 Å². The molecule has 0 bridgehead atoms. The van der Waals surface area contributed by atoms with Gasteiger partial charge < -0.3 is 10.4 Å². The van der Waals surface area contributed by atoms with Crippen LogP contribution in [0.1, 0.15) is 6.42 Å². The summed E-state index contributed by atoms with van der Waals surface area (Å²) in [5, 5.41) is 13.0. The molecule has 0 spiro atoms. The Bertz CT molecular complexity index is 571. The lowest BCUT2D eigenvalue weighted by Gasteiger charge is -1.97. The van der Waals surface area contributed by atoms with Crippen LogP contribution in [-0.2, 0) is 4.79 Å². The molecule has 0 unspecified atom stereocenters. The summed E-state index contributed by atoms with van der Waals surface area (Å²) in [5.41, 5.74) is 0.641. The zero-order chi connectivity index (χ0) is 12.4. The topological polar surface area (TPSA) is 62.2 Å². The standard InChI is InChI=1S/C10H8Cl2N2O2S/c11-5-1-2-6-9(8(5)12)14-10(17-6)13-4-3-7(15)16/h1-2H,3-4H2,(H,13,14)(H,15,16). The second-order valence-corrected chi connectivity index (χ2v) is 5.11. The van der Waals surface area contributed by atoms with Gasteiger partial charge in [0.15, 0.2) is 5.13 Å². The molecular weight excluding hydrogens is 283 g/mol. The first-order valence-corrected chi connectivity index (χ1v) is 6.35. The number of nitrogens with one attached hydrogen (secondary N) is 1. The van der Waals surface area contributed by atoms with Gasteiger partial charge in [-0.25, -0.2) is 4.98 Å². The Morgan fingerprint density at radius 3 is 2.94 bits per heavy atom. The van der Waals surface area contributed by atoms with Crippen molar-refractivity contribution in [1.29, 1.82) is 0 Å². The van der Waals surface area contributed by atoms with Crippen molar-refractivity contribution < 1.29 is 9.90 Å². The molecule has 1 heterocycles. The number of aliphatic carboxylic acids is 1. The van der Waals surface area contributed by atoms with Crippen LogP contribution in [0.25, 0.3) is 10.2 Å². The van der Waals surface area contributed by atoms with Gasteiger partial charge in [-0.05, 0) is 12.1 Å². The van der Waals surface area contributed by atoms with Crippen LogP contribution in [-0.4, -0.2) is 22.6 Å². The van der Waals surface area contributed by atoms with Crippen molar-refractivity contribution in [2.24, 2.45) is 0 Å². The average Bonchev–Trinajstić information content (AvgIpc) is 2.67. The number of thiazole rings is 1. The lowest BCUT2D eigenvalue weighted by Crippen LogP contribution is -2.06. The first-order valence-electron chi connectivity index (χ1n) is 4.78. The summed E-state index contributed by atoms with van der Waals surface area (Å²) >= 11 is 13.3. The van der Waals surface area contributed by atoms with Gasteiger partial charge in [0.2, 0.25) is 0 Å². The number of hydrogen-bond acceptors (Lipinski definition) is 4. The molecule has 17 heavy (non-hydrogen) atoms. The molecule has 0 amide bonds. The number of carboxylic acid groups (broad SMARTS) is 1.